The number of hydrogen-bond acceptors (Lipinski definition) is 3. The lowest BCUT2D eigenvalue weighted by Gasteiger charge is -2.37. The van der Waals surface area contributed by atoms with Gasteiger partial charge in [-0.25, -0.2) is 0 Å². The Hall–Kier alpha value is -1.80. The van der Waals surface area contributed by atoms with Gasteiger partial charge < -0.3 is 19.7 Å². The summed E-state index contributed by atoms with van der Waals surface area (Å²) in [6.07, 6.45) is -1.30. The monoisotopic (exact) mass is 413 g/mol. The van der Waals surface area contributed by atoms with Crippen LogP contribution in [0.2, 0.25) is 0 Å². The van der Waals surface area contributed by atoms with Gasteiger partial charge in [0.2, 0.25) is 0 Å². The molecule has 5 nitrogen and oxygen atoms in total. The zero-order chi connectivity index (χ0) is 20.9. The molecule has 0 amide bonds. The number of nitrogens with zero attached hydrogens (tertiary/aromatic N) is 2. The molecule has 0 spiro atoms. The Morgan fingerprint density at radius 2 is 2.07 bits per heavy atom. The van der Waals surface area contributed by atoms with Crippen molar-refractivity contribution in [3.8, 4) is 0 Å². The lowest BCUT2D eigenvalue weighted by Crippen LogP contribution is -2.53. The zero-order valence-electron chi connectivity index (χ0n) is 17.0. The Bertz CT molecular complexity index is 690. The van der Waals surface area contributed by atoms with Gasteiger partial charge in [0.1, 0.15) is 6.10 Å². The summed E-state index contributed by atoms with van der Waals surface area (Å²) in [6, 6.07) is 5.58. The summed E-state index contributed by atoms with van der Waals surface area (Å²) in [7, 11) is 1.75. The van der Waals surface area contributed by atoms with Crippen molar-refractivity contribution in [1.82, 2.24) is 10.2 Å². The van der Waals surface area contributed by atoms with Crippen molar-refractivity contribution < 1.29 is 22.6 Å². The molecule has 3 unspecified atom stereocenters. The smallest absolute Gasteiger partial charge is 0.375 e. The van der Waals surface area contributed by atoms with E-state index >= 15 is 0 Å². The van der Waals surface area contributed by atoms with Gasteiger partial charge in [-0.15, -0.1) is 0 Å². The first-order valence-electron chi connectivity index (χ1n) is 10.2. The predicted molar refractivity (Wildman–Crippen MR) is 106 cm³/mol. The van der Waals surface area contributed by atoms with Gasteiger partial charge in [-0.05, 0) is 36.8 Å². The molecule has 2 aliphatic heterocycles. The molecule has 1 aromatic rings. The highest BCUT2D eigenvalue weighted by atomic mass is 19.4. The van der Waals surface area contributed by atoms with Gasteiger partial charge in [-0.3, -0.25) is 4.99 Å². The van der Waals surface area contributed by atoms with Crippen LogP contribution >= 0.6 is 0 Å². The van der Waals surface area contributed by atoms with Crippen LogP contribution in [0.15, 0.2) is 29.3 Å². The first kappa shape index (κ1) is 21.9. The lowest BCUT2D eigenvalue weighted by molar-refractivity contribution is -0.137. The van der Waals surface area contributed by atoms with E-state index < -0.39 is 11.7 Å². The van der Waals surface area contributed by atoms with E-state index in [0.717, 1.165) is 44.6 Å². The summed E-state index contributed by atoms with van der Waals surface area (Å²) < 4.78 is 50.4. The van der Waals surface area contributed by atoms with Gasteiger partial charge in [0, 0.05) is 33.3 Å². The molecule has 2 aliphatic rings. The fraction of sp³-hybridized carbons (Fsp3) is 0.667. The van der Waals surface area contributed by atoms with E-state index in [2.05, 4.69) is 15.2 Å². The third kappa shape index (κ3) is 5.85. The van der Waals surface area contributed by atoms with Crippen LogP contribution in [0, 0.1) is 0 Å². The van der Waals surface area contributed by atoms with Gasteiger partial charge in [-0.2, -0.15) is 13.2 Å². The normalized spacial score (nSPS) is 24.6. The molecule has 29 heavy (non-hydrogen) atoms. The van der Waals surface area contributed by atoms with Crippen molar-refractivity contribution in [3.05, 3.63) is 35.4 Å². The number of guanidine groups is 1. The number of alkyl halides is 3. The summed E-state index contributed by atoms with van der Waals surface area (Å²) in [5, 5.41) is 3.35. The summed E-state index contributed by atoms with van der Waals surface area (Å²) in [5.41, 5.74) is 0.0977. The Labute approximate surface area is 170 Å². The van der Waals surface area contributed by atoms with Gasteiger partial charge >= 0.3 is 6.18 Å². The standard InChI is InChI=1S/C21H30F3N3O2/c1-15(16-5-3-6-17(13-16)21(22,23)24)8-9-26-20(25-2)27-10-12-29-19(14-27)18-7-4-11-28-18/h3,5-6,13,15,18-19H,4,7-12,14H2,1-2H3,(H,25,26). The molecule has 8 heteroatoms. The number of morpholine rings is 1. The minimum atomic E-state index is -4.31. The minimum Gasteiger partial charge on any atom is -0.375 e. The largest absolute Gasteiger partial charge is 0.416 e. The molecule has 3 rings (SSSR count). The van der Waals surface area contributed by atoms with Crippen molar-refractivity contribution in [3.63, 3.8) is 0 Å². The molecule has 2 saturated heterocycles. The van der Waals surface area contributed by atoms with E-state index in [4.69, 9.17) is 9.47 Å². The third-order valence-electron chi connectivity index (χ3n) is 5.63. The second kappa shape index (κ2) is 9.80. The number of rotatable bonds is 5. The summed E-state index contributed by atoms with van der Waals surface area (Å²) >= 11 is 0. The highest BCUT2D eigenvalue weighted by Gasteiger charge is 2.32. The number of hydrogen-bond donors (Lipinski definition) is 1. The molecule has 162 valence electrons. The summed E-state index contributed by atoms with van der Waals surface area (Å²) in [4.78, 5) is 6.55. The summed E-state index contributed by atoms with van der Waals surface area (Å²) in [6.45, 7) is 5.49. The topological polar surface area (TPSA) is 46.1 Å². The van der Waals surface area contributed by atoms with Crippen molar-refractivity contribution in [1.29, 1.82) is 0 Å². The Kier molecular flexibility index (Phi) is 7.40. The number of nitrogens with one attached hydrogen (secondary N) is 1. The van der Waals surface area contributed by atoms with Crippen LogP contribution in [0.4, 0.5) is 13.2 Å². The molecule has 1 N–H and O–H groups in total. The fourth-order valence-electron chi connectivity index (χ4n) is 3.91. The quantitative estimate of drug-likeness (QED) is 0.591. The molecular formula is C21H30F3N3O2. The molecule has 0 bridgehead atoms. The van der Waals surface area contributed by atoms with Gasteiger partial charge in [0.05, 0.1) is 18.3 Å². The molecule has 0 radical (unpaired) electrons. The molecular weight excluding hydrogens is 383 g/mol. The molecule has 2 heterocycles. The van der Waals surface area contributed by atoms with Crippen LogP contribution in [-0.4, -0.2) is 63.0 Å². The molecule has 0 aliphatic carbocycles. The van der Waals surface area contributed by atoms with Gasteiger partial charge in [0.25, 0.3) is 0 Å². The van der Waals surface area contributed by atoms with E-state index in [0.29, 0.717) is 25.1 Å². The minimum absolute atomic E-state index is 0.00670. The third-order valence-corrected chi connectivity index (χ3v) is 5.63. The Morgan fingerprint density at radius 1 is 1.28 bits per heavy atom. The number of ether oxygens (including phenoxy) is 2. The second-order valence-corrected chi connectivity index (χ2v) is 7.69. The van der Waals surface area contributed by atoms with E-state index in [9.17, 15) is 13.2 Å². The van der Waals surface area contributed by atoms with E-state index in [1.165, 1.54) is 12.1 Å². The number of aliphatic imine (C=N–C) groups is 1. The van der Waals surface area contributed by atoms with E-state index in [-0.39, 0.29) is 18.1 Å². The SMILES string of the molecule is CN=C(NCCC(C)c1cccc(C(F)(F)F)c1)N1CCOC(C2CCCO2)C1. The summed E-state index contributed by atoms with van der Waals surface area (Å²) in [5.74, 6) is 0.805. The molecule has 0 aromatic heterocycles. The maximum absolute atomic E-state index is 12.9. The van der Waals surface area contributed by atoms with Crippen molar-refractivity contribution >= 4 is 5.96 Å². The average molecular weight is 413 g/mol. The van der Waals surface area contributed by atoms with Crippen LogP contribution in [-0.2, 0) is 15.7 Å². The number of benzene rings is 1. The zero-order valence-corrected chi connectivity index (χ0v) is 17.0. The van der Waals surface area contributed by atoms with Crippen molar-refractivity contribution in [2.45, 2.75) is 50.5 Å². The van der Waals surface area contributed by atoms with Crippen LogP contribution in [0.1, 0.15) is 43.2 Å². The van der Waals surface area contributed by atoms with Crippen LogP contribution < -0.4 is 5.32 Å². The van der Waals surface area contributed by atoms with Gasteiger partial charge in [0.15, 0.2) is 5.96 Å². The molecule has 3 atom stereocenters. The van der Waals surface area contributed by atoms with Crippen molar-refractivity contribution in [2.24, 2.45) is 4.99 Å². The lowest BCUT2D eigenvalue weighted by atomic mass is 9.96. The van der Waals surface area contributed by atoms with Crippen LogP contribution in [0.25, 0.3) is 0 Å². The first-order chi connectivity index (χ1) is 13.9. The Balaban J connectivity index is 1.50. The molecule has 0 saturated carbocycles. The second-order valence-electron chi connectivity index (χ2n) is 7.69. The van der Waals surface area contributed by atoms with Crippen LogP contribution in [0.3, 0.4) is 0 Å². The average Bonchev–Trinajstić information content (AvgIpc) is 3.25. The Morgan fingerprint density at radius 3 is 2.76 bits per heavy atom. The molecule has 1 aromatic carbocycles. The fourth-order valence-corrected chi connectivity index (χ4v) is 3.91. The van der Waals surface area contributed by atoms with E-state index in [1.807, 2.05) is 6.92 Å². The highest BCUT2D eigenvalue weighted by molar-refractivity contribution is 5.80. The van der Waals surface area contributed by atoms with E-state index in [1.54, 1.807) is 13.1 Å². The first-order valence-corrected chi connectivity index (χ1v) is 10.2. The number of halogens is 3. The molecule has 2 fully saturated rings. The maximum Gasteiger partial charge on any atom is 0.416 e. The van der Waals surface area contributed by atoms with Crippen LogP contribution in [0.5, 0.6) is 0 Å². The van der Waals surface area contributed by atoms with Gasteiger partial charge in [-0.1, -0.05) is 25.1 Å². The maximum atomic E-state index is 12.9. The predicted octanol–water partition coefficient (Wildman–Crippen LogP) is 3.65. The highest BCUT2D eigenvalue weighted by Crippen LogP contribution is 2.31. The van der Waals surface area contributed by atoms with Crippen molar-refractivity contribution in [2.75, 3.05) is 39.9 Å².